The molecule has 0 aliphatic carbocycles. The molecule has 1 heterocycles. The lowest BCUT2D eigenvalue weighted by molar-refractivity contribution is -0.139. The smallest absolute Gasteiger partial charge is 0.324 e. The van der Waals surface area contributed by atoms with Gasteiger partial charge in [-0.3, -0.25) is 4.79 Å². The Balaban J connectivity index is 2.62. The van der Waals surface area contributed by atoms with Crippen LogP contribution in [0, 0.1) is 6.92 Å². The summed E-state index contributed by atoms with van der Waals surface area (Å²) in [7, 11) is 0. The zero-order valence-electron chi connectivity index (χ0n) is 8.11. The molecule has 0 amide bonds. The number of halogens is 1. The van der Waals surface area contributed by atoms with E-state index in [1.807, 2.05) is 13.0 Å². The lowest BCUT2D eigenvalue weighted by Gasteiger charge is -2.10. The predicted molar refractivity (Wildman–Crippen MR) is 57.8 cm³/mol. The van der Waals surface area contributed by atoms with E-state index in [0.29, 0.717) is 5.88 Å². The lowest BCUT2D eigenvalue weighted by Crippen LogP contribution is -2.36. The number of hydrogen-bond donors (Lipinski definition) is 2. The molecule has 0 aromatic carbocycles. The Bertz CT molecular complexity index is 370. The number of carbonyl (C=O) groups is 1. The Labute approximate surface area is 95.4 Å². The molecular formula is C9H11BrN2O3. The highest BCUT2D eigenvalue weighted by atomic mass is 79.9. The maximum absolute atomic E-state index is 10.4. The third kappa shape index (κ3) is 3.49. The van der Waals surface area contributed by atoms with Crippen LogP contribution >= 0.6 is 15.9 Å². The van der Waals surface area contributed by atoms with E-state index in [0.717, 1.165) is 10.0 Å². The standard InChI is InChI=1S/C9H11BrN2O3/c1-5-2-6(10)3-12-8(5)15-4-7(11)9(13)14/h2-3,7H,4,11H2,1H3,(H,13,14). The molecule has 1 aromatic rings. The molecular weight excluding hydrogens is 264 g/mol. The number of aliphatic carboxylic acids is 1. The fraction of sp³-hybridized carbons (Fsp3) is 0.333. The number of aromatic nitrogens is 1. The van der Waals surface area contributed by atoms with Gasteiger partial charge < -0.3 is 15.6 Å². The van der Waals surface area contributed by atoms with Crippen molar-refractivity contribution in [2.45, 2.75) is 13.0 Å². The van der Waals surface area contributed by atoms with Crippen LogP contribution in [0.3, 0.4) is 0 Å². The van der Waals surface area contributed by atoms with Gasteiger partial charge in [-0.05, 0) is 28.9 Å². The molecule has 0 bridgehead atoms. The number of nitrogens with zero attached hydrogens (tertiary/aromatic N) is 1. The van der Waals surface area contributed by atoms with E-state index in [-0.39, 0.29) is 6.61 Å². The first-order chi connectivity index (χ1) is 7.00. The Morgan fingerprint density at radius 3 is 3.00 bits per heavy atom. The van der Waals surface area contributed by atoms with Crippen molar-refractivity contribution in [3.63, 3.8) is 0 Å². The highest BCUT2D eigenvalue weighted by molar-refractivity contribution is 9.10. The second kappa shape index (κ2) is 5.09. The minimum Gasteiger partial charge on any atom is -0.480 e. The normalized spacial score (nSPS) is 12.2. The van der Waals surface area contributed by atoms with Crippen LogP contribution in [-0.2, 0) is 4.79 Å². The average molecular weight is 275 g/mol. The van der Waals surface area contributed by atoms with Crippen LogP contribution in [0.2, 0.25) is 0 Å². The molecule has 5 nitrogen and oxygen atoms in total. The maximum atomic E-state index is 10.4. The molecule has 0 spiro atoms. The van der Waals surface area contributed by atoms with Crippen molar-refractivity contribution in [3.05, 3.63) is 22.3 Å². The molecule has 1 atom stereocenters. The summed E-state index contributed by atoms with van der Waals surface area (Å²) in [6.07, 6.45) is 1.58. The van der Waals surface area contributed by atoms with E-state index in [4.69, 9.17) is 15.6 Å². The number of carboxylic acid groups (broad SMARTS) is 1. The van der Waals surface area contributed by atoms with Gasteiger partial charge in [0, 0.05) is 16.2 Å². The van der Waals surface area contributed by atoms with Gasteiger partial charge in [-0.15, -0.1) is 0 Å². The molecule has 1 rings (SSSR count). The van der Waals surface area contributed by atoms with Gasteiger partial charge >= 0.3 is 5.97 Å². The third-order valence-electron chi connectivity index (χ3n) is 1.71. The van der Waals surface area contributed by atoms with Crippen LogP contribution in [-0.4, -0.2) is 28.7 Å². The topological polar surface area (TPSA) is 85.4 Å². The number of aryl methyl sites for hydroxylation is 1. The second-order valence-electron chi connectivity index (χ2n) is 3.03. The summed E-state index contributed by atoms with van der Waals surface area (Å²) in [6.45, 7) is 1.73. The summed E-state index contributed by atoms with van der Waals surface area (Å²) < 4.78 is 6.02. The highest BCUT2D eigenvalue weighted by Gasteiger charge is 2.13. The van der Waals surface area contributed by atoms with Crippen LogP contribution in [0.5, 0.6) is 5.88 Å². The molecule has 0 aliphatic rings. The summed E-state index contributed by atoms with van der Waals surface area (Å²) >= 11 is 3.26. The average Bonchev–Trinajstić information content (AvgIpc) is 2.15. The van der Waals surface area contributed by atoms with Crippen LogP contribution in [0.4, 0.5) is 0 Å². The molecule has 82 valence electrons. The first kappa shape index (κ1) is 11.9. The first-order valence-corrected chi connectivity index (χ1v) is 5.03. The van der Waals surface area contributed by atoms with E-state index in [1.54, 1.807) is 6.20 Å². The van der Waals surface area contributed by atoms with Gasteiger partial charge in [-0.25, -0.2) is 4.98 Å². The first-order valence-electron chi connectivity index (χ1n) is 4.24. The van der Waals surface area contributed by atoms with Crippen molar-refractivity contribution < 1.29 is 14.6 Å². The molecule has 1 aromatic heterocycles. The molecule has 6 heteroatoms. The molecule has 0 radical (unpaired) electrons. The third-order valence-corrected chi connectivity index (χ3v) is 2.15. The summed E-state index contributed by atoms with van der Waals surface area (Å²) in [6, 6.07) is 0.795. The number of ether oxygens (including phenoxy) is 1. The molecule has 0 saturated heterocycles. The number of carboxylic acids is 1. The van der Waals surface area contributed by atoms with E-state index < -0.39 is 12.0 Å². The molecule has 0 saturated carbocycles. The highest BCUT2D eigenvalue weighted by Crippen LogP contribution is 2.18. The van der Waals surface area contributed by atoms with Crippen molar-refractivity contribution in [3.8, 4) is 5.88 Å². The fourth-order valence-corrected chi connectivity index (χ4v) is 1.36. The lowest BCUT2D eigenvalue weighted by atomic mass is 10.3. The summed E-state index contributed by atoms with van der Waals surface area (Å²) in [5.41, 5.74) is 6.10. The van der Waals surface area contributed by atoms with E-state index in [2.05, 4.69) is 20.9 Å². The summed E-state index contributed by atoms with van der Waals surface area (Å²) in [4.78, 5) is 14.4. The maximum Gasteiger partial charge on any atom is 0.324 e. The quantitative estimate of drug-likeness (QED) is 0.854. The summed E-state index contributed by atoms with van der Waals surface area (Å²) in [5.74, 6) is -0.695. The number of nitrogens with two attached hydrogens (primary N) is 1. The van der Waals surface area contributed by atoms with Gasteiger partial charge in [0.15, 0.2) is 0 Å². The molecule has 1 unspecified atom stereocenters. The van der Waals surface area contributed by atoms with Gasteiger partial charge in [0.1, 0.15) is 12.6 Å². The van der Waals surface area contributed by atoms with Gasteiger partial charge in [0.2, 0.25) is 5.88 Å². The summed E-state index contributed by atoms with van der Waals surface area (Å²) in [5, 5.41) is 8.54. The molecule has 3 N–H and O–H groups in total. The van der Waals surface area contributed by atoms with E-state index >= 15 is 0 Å². The zero-order valence-corrected chi connectivity index (χ0v) is 9.69. The largest absolute Gasteiger partial charge is 0.480 e. The number of pyridine rings is 1. The molecule has 15 heavy (non-hydrogen) atoms. The van der Waals surface area contributed by atoms with Crippen LogP contribution in [0.25, 0.3) is 0 Å². The predicted octanol–water partition coefficient (Wildman–Crippen LogP) is 0.943. The zero-order chi connectivity index (χ0) is 11.4. The van der Waals surface area contributed by atoms with Gasteiger partial charge in [-0.2, -0.15) is 0 Å². The number of rotatable bonds is 4. The van der Waals surface area contributed by atoms with Gasteiger partial charge in [-0.1, -0.05) is 0 Å². The number of hydrogen-bond acceptors (Lipinski definition) is 4. The van der Waals surface area contributed by atoms with Crippen molar-refractivity contribution in [1.82, 2.24) is 4.98 Å². The van der Waals surface area contributed by atoms with Crippen molar-refractivity contribution in [2.24, 2.45) is 5.73 Å². The minimum atomic E-state index is -1.09. The van der Waals surface area contributed by atoms with Crippen LogP contribution < -0.4 is 10.5 Å². The fourth-order valence-electron chi connectivity index (χ4n) is 0.919. The van der Waals surface area contributed by atoms with Crippen molar-refractivity contribution >= 4 is 21.9 Å². The van der Waals surface area contributed by atoms with Crippen LogP contribution in [0.15, 0.2) is 16.7 Å². The molecule has 0 fully saturated rings. The Kier molecular flexibility index (Phi) is 4.05. The SMILES string of the molecule is Cc1cc(Br)cnc1OCC(N)C(=O)O. The Hall–Kier alpha value is -1.14. The second-order valence-corrected chi connectivity index (χ2v) is 3.95. The van der Waals surface area contributed by atoms with E-state index in [1.165, 1.54) is 0 Å². The Morgan fingerprint density at radius 1 is 1.80 bits per heavy atom. The monoisotopic (exact) mass is 274 g/mol. The van der Waals surface area contributed by atoms with Gasteiger partial charge in [0.05, 0.1) is 0 Å². The van der Waals surface area contributed by atoms with Gasteiger partial charge in [0.25, 0.3) is 0 Å². The minimum absolute atomic E-state index is 0.0925. The van der Waals surface area contributed by atoms with E-state index in [9.17, 15) is 4.79 Å². The van der Waals surface area contributed by atoms with Crippen molar-refractivity contribution in [2.75, 3.05) is 6.61 Å². The van der Waals surface area contributed by atoms with Crippen LogP contribution in [0.1, 0.15) is 5.56 Å². The molecule has 0 aliphatic heterocycles. The van der Waals surface area contributed by atoms with Crippen molar-refractivity contribution in [1.29, 1.82) is 0 Å². The Morgan fingerprint density at radius 2 is 2.47 bits per heavy atom.